The summed E-state index contributed by atoms with van der Waals surface area (Å²) in [5, 5.41) is 0.602. The van der Waals surface area contributed by atoms with Crippen molar-refractivity contribution < 1.29 is 22.7 Å². The Balaban J connectivity index is 1.50. The SMILES string of the molecule is COc1ccc(-c2cc(C(=O)NNC(=O)CN(C)S(=O)(=O)c3ccc(C)cc3)c3ccccc3n2)cc1. The second kappa shape index (κ2) is 10.8. The lowest BCUT2D eigenvalue weighted by molar-refractivity contribution is -0.121. The van der Waals surface area contributed by atoms with Crippen LogP contribution in [0.3, 0.4) is 0 Å². The van der Waals surface area contributed by atoms with Crippen LogP contribution in [0, 0.1) is 6.92 Å². The fraction of sp³-hybridized carbons (Fsp3) is 0.148. The summed E-state index contributed by atoms with van der Waals surface area (Å²) in [4.78, 5) is 30.3. The second-order valence-electron chi connectivity index (χ2n) is 8.38. The van der Waals surface area contributed by atoms with Crippen LogP contribution in [0.4, 0.5) is 0 Å². The number of hydrazine groups is 1. The van der Waals surface area contributed by atoms with Gasteiger partial charge in [0.15, 0.2) is 0 Å². The van der Waals surface area contributed by atoms with E-state index in [1.807, 2.05) is 25.1 Å². The fourth-order valence-electron chi connectivity index (χ4n) is 3.68. The van der Waals surface area contributed by atoms with Gasteiger partial charge >= 0.3 is 0 Å². The maximum atomic E-state index is 13.1. The molecule has 0 bridgehead atoms. The van der Waals surface area contributed by atoms with E-state index in [2.05, 4.69) is 15.8 Å². The van der Waals surface area contributed by atoms with Gasteiger partial charge < -0.3 is 4.74 Å². The van der Waals surface area contributed by atoms with Gasteiger partial charge in [0.2, 0.25) is 10.0 Å². The van der Waals surface area contributed by atoms with Gasteiger partial charge in [0.25, 0.3) is 11.8 Å². The molecule has 0 aliphatic carbocycles. The molecular weight excluding hydrogens is 492 g/mol. The number of aromatic nitrogens is 1. The average Bonchev–Trinajstić information content (AvgIpc) is 2.91. The number of pyridine rings is 1. The van der Waals surface area contributed by atoms with E-state index in [-0.39, 0.29) is 4.90 Å². The third kappa shape index (κ3) is 5.76. The summed E-state index contributed by atoms with van der Waals surface area (Å²) in [6.07, 6.45) is 0. The molecule has 0 radical (unpaired) electrons. The number of carbonyl (C=O) groups is 2. The zero-order chi connectivity index (χ0) is 26.6. The number of carbonyl (C=O) groups excluding carboxylic acids is 2. The fourth-order valence-corrected chi connectivity index (χ4v) is 4.81. The highest BCUT2D eigenvalue weighted by atomic mass is 32.2. The molecule has 4 rings (SSSR count). The summed E-state index contributed by atoms with van der Waals surface area (Å²) in [6.45, 7) is 1.37. The molecule has 10 heteroatoms. The predicted octanol–water partition coefficient (Wildman–Crippen LogP) is 3.30. The van der Waals surface area contributed by atoms with Crippen molar-refractivity contribution in [3.63, 3.8) is 0 Å². The van der Waals surface area contributed by atoms with E-state index in [0.717, 1.165) is 15.4 Å². The van der Waals surface area contributed by atoms with Crippen molar-refractivity contribution >= 4 is 32.7 Å². The largest absolute Gasteiger partial charge is 0.497 e. The normalized spacial score (nSPS) is 11.4. The number of amides is 2. The highest BCUT2D eigenvalue weighted by Crippen LogP contribution is 2.26. The number of hydrogen-bond acceptors (Lipinski definition) is 6. The molecule has 2 amide bonds. The number of hydrogen-bond donors (Lipinski definition) is 2. The number of nitrogens with one attached hydrogen (secondary N) is 2. The van der Waals surface area contributed by atoms with Crippen LogP contribution in [0.2, 0.25) is 0 Å². The summed E-state index contributed by atoms with van der Waals surface area (Å²) in [5.74, 6) is -0.564. The Bertz CT molecular complexity index is 1550. The number of nitrogens with zero attached hydrogens (tertiary/aromatic N) is 2. The molecule has 190 valence electrons. The minimum absolute atomic E-state index is 0.0757. The molecule has 4 aromatic rings. The van der Waals surface area contributed by atoms with E-state index in [4.69, 9.17) is 4.74 Å². The van der Waals surface area contributed by atoms with Crippen molar-refractivity contribution in [2.45, 2.75) is 11.8 Å². The van der Waals surface area contributed by atoms with Gasteiger partial charge in [-0.2, -0.15) is 4.31 Å². The number of benzene rings is 3. The van der Waals surface area contributed by atoms with E-state index in [1.54, 1.807) is 55.6 Å². The number of ether oxygens (including phenoxy) is 1. The summed E-state index contributed by atoms with van der Waals surface area (Å²) in [5.41, 5.74) is 7.87. The molecule has 2 N–H and O–H groups in total. The van der Waals surface area contributed by atoms with Crippen LogP contribution in [0.1, 0.15) is 15.9 Å². The standard InChI is InChI=1S/C27H26N4O5S/c1-18-8-14-21(15-9-18)37(34,35)31(2)17-26(32)29-30-27(33)23-16-25(19-10-12-20(36-3)13-11-19)28-24-7-5-4-6-22(23)24/h4-16H,17H2,1-3H3,(H,29,32)(H,30,33). The van der Waals surface area contributed by atoms with E-state index >= 15 is 0 Å². The molecule has 0 aliphatic heterocycles. The van der Waals surface area contributed by atoms with Crippen LogP contribution in [-0.2, 0) is 14.8 Å². The minimum atomic E-state index is -3.87. The van der Waals surface area contributed by atoms with Gasteiger partial charge in [0, 0.05) is 18.0 Å². The zero-order valence-corrected chi connectivity index (χ0v) is 21.4. The first-order valence-electron chi connectivity index (χ1n) is 11.4. The van der Waals surface area contributed by atoms with Gasteiger partial charge in [-0.1, -0.05) is 35.9 Å². The van der Waals surface area contributed by atoms with Gasteiger partial charge in [-0.25, -0.2) is 13.4 Å². The Labute approximate surface area is 215 Å². The number of rotatable bonds is 7. The van der Waals surface area contributed by atoms with E-state index in [9.17, 15) is 18.0 Å². The molecule has 1 heterocycles. The third-order valence-corrected chi connectivity index (χ3v) is 7.58. The van der Waals surface area contributed by atoms with Crippen molar-refractivity contribution in [3.8, 4) is 17.0 Å². The van der Waals surface area contributed by atoms with Crippen LogP contribution < -0.4 is 15.6 Å². The lowest BCUT2D eigenvalue weighted by atomic mass is 10.0. The van der Waals surface area contributed by atoms with E-state index in [1.165, 1.54) is 19.2 Å². The molecule has 0 saturated heterocycles. The monoisotopic (exact) mass is 518 g/mol. The highest BCUT2D eigenvalue weighted by molar-refractivity contribution is 7.89. The minimum Gasteiger partial charge on any atom is -0.497 e. The number of likely N-dealkylation sites (N-methyl/N-ethyl adjacent to an activating group) is 1. The van der Waals surface area contributed by atoms with E-state index < -0.39 is 28.4 Å². The summed E-state index contributed by atoms with van der Waals surface area (Å²) < 4.78 is 31.6. The molecule has 0 atom stereocenters. The number of fused-ring (bicyclic) bond motifs is 1. The first-order valence-corrected chi connectivity index (χ1v) is 12.8. The summed E-state index contributed by atoms with van der Waals surface area (Å²) in [6, 6.07) is 22.4. The number of sulfonamides is 1. The van der Waals surface area contributed by atoms with Gasteiger partial charge in [0.05, 0.1) is 35.3 Å². The number of aryl methyl sites for hydroxylation is 1. The van der Waals surface area contributed by atoms with Crippen LogP contribution >= 0.6 is 0 Å². The topological polar surface area (TPSA) is 118 Å². The second-order valence-corrected chi connectivity index (χ2v) is 10.4. The van der Waals surface area contributed by atoms with Crippen LogP contribution in [0.25, 0.3) is 22.2 Å². The Morgan fingerprint density at radius 3 is 2.30 bits per heavy atom. The molecule has 0 spiro atoms. The van der Waals surface area contributed by atoms with Crippen molar-refractivity contribution in [2.75, 3.05) is 20.7 Å². The van der Waals surface area contributed by atoms with Gasteiger partial charge in [-0.15, -0.1) is 0 Å². The Kier molecular flexibility index (Phi) is 7.51. The van der Waals surface area contributed by atoms with Crippen LogP contribution in [-0.4, -0.2) is 50.2 Å². The average molecular weight is 519 g/mol. The number of para-hydroxylation sites is 1. The lowest BCUT2D eigenvalue weighted by Gasteiger charge is -2.17. The molecule has 0 fully saturated rings. The first kappa shape index (κ1) is 25.8. The summed E-state index contributed by atoms with van der Waals surface area (Å²) in [7, 11) is -0.990. The summed E-state index contributed by atoms with van der Waals surface area (Å²) >= 11 is 0. The molecule has 1 aromatic heterocycles. The van der Waals surface area contributed by atoms with Crippen molar-refractivity contribution in [2.24, 2.45) is 0 Å². The van der Waals surface area contributed by atoms with Crippen LogP contribution in [0.5, 0.6) is 5.75 Å². The van der Waals surface area contributed by atoms with Gasteiger partial charge in [0.1, 0.15) is 5.75 Å². The highest BCUT2D eigenvalue weighted by Gasteiger charge is 2.23. The smallest absolute Gasteiger partial charge is 0.270 e. The molecule has 0 aliphatic rings. The number of methoxy groups -OCH3 is 1. The first-order chi connectivity index (χ1) is 17.7. The maximum absolute atomic E-state index is 13.1. The third-order valence-electron chi connectivity index (χ3n) is 5.76. The van der Waals surface area contributed by atoms with Gasteiger partial charge in [-0.05, 0) is 55.5 Å². The van der Waals surface area contributed by atoms with E-state index in [0.29, 0.717) is 27.9 Å². The maximum Gasteiger partial charge on any atom is 0.270 e. The van der Waals surface area contributed by atoms with Gasteiger partial charge in [-0.3, -0.25) is 20.4 Å². The van der Waals surface area contributed by atoms with Crippen molar-refractivity contribution in [1.82, 2.24) is 20.1 Å². The molecule has 0 saturated carbocycles. The lowest BCUT2D eigenvalue weighted by Crippen LogP contribution is -2.46. The predicted molar refractivity (Wildman–Crippen MR) is 140 cm³/mol. The molecule has 0 unspecified atom stereocenters. The molecule has 9 nitrogen and oxygen atoms in total. The molecule has 3 aromatic carbocycles. The van der Waals surface area contributed by atoms with Crippen molar-refractivity contribution in [1.29, 1.82) is 0 Å². The Hall–Kier alpha value is -4.28. The van der Waals surface area contributed by atoms with Crippen LogP contribution in [0.15, 0.2) is 83.8 Å². The quantitative estimate of drug-likeness (QED) is 0.363. The Morgan fingerprint density at radius 2 is 1.62 bits per heavy atom. The zero-order valence-electron chi connectivity index (χ0n) is 20.6. The molecular formula is C27H26N4O5S. The Morgan fingerprint density at radius 1 is 0.946 bits per heavy atom. The molecule has 37 heavy (non-hydrogen) atoms. The van der Waals surface area contributed by atoms with Crippen molar-refractivity contribution in [3.05, 3.63) is 90.0 Å².